The van der Waals surface area contributed by atoms with Crippen LogP contribution in [0, 0.1) is 5.92 Å². The lowest BCUT2D eigenvalue weighted by atomic mass is 10.0. The van der Waals surface area contributed by atoms with E-state index < -0.39 is 21.9 Å². The van der Waals surface area contributed by atoms with Crippen molar-refractivity contribution in [1.82, 2.24) is 4.31 Å². The summed E-state index contributed by atoms with van der Waals surface area (Å²) in [6.07, 6.45) is 2.56. The van der Waals surface area contributed by atoms with E-state index in [4.69, 9.17) is 16.7 Å². The minimum Gasteiger partial charge on any atom is -0.481 e. The number of sulfonamides is 1. The van der Waals surface area contributed by atoms with E-state index in [1.807, 2.05) is 0 Å². The molecule has 1 aromatic rings. The number of rotatable bonds is 4. The van der Waals surface area contributed by atoms with Gasteiger partial charge in [-0.3, -0.25) is 4.79 Å². The topological polar surface area (TPSA) is 74.7 Å². The molecule has 1 aliphatic heterocycles. The van der Waals surface area contributed by atoms with Gasteiger partial charge in [0.1, 0.15) is 0 Å². The average molecular weight is 330 g/mol. The fourth-order valence-corrected chi connectivity index (χ4v) is 3.60. The summed E-state index contributed by atoms with van der Waals surface area (Å²) in [7, 11) is -3.60. The highest BCUT2D eigenvalue weighted by molar-refractivity contribution is 7.92. The van der Waals surface area contributed by atoms with E-state index >= 15 is 0 Å². The van der Waals surface area contributed by atoms with Gasteiger partial charge < -0.3 is 5.11 Å². The molecule has 1 aliphatic rings. The average Bonchev–Trinajstić information content (AvgIpc) is 2.47. The van der Waals surface area contributed by atoms with Crippen molar-refractivity contribution in [2.45, 2.75) is 12.8 Å². The van der Waals surface area contributed by atoms with Gasteiger partial charge in [0, 0.05) is 23.5 Å². The predicted octanol–water partition coefficient (Wildman–Crippen LogP) is 2.44. The monoisotopic (exact) mass is 329 g/mol. The zero-order valence-electron chi connectivity index (χ0n) is 11.3. The van der Waals surface area contributed by atoms with Crippen molar-refractivity contribution in [2.75, 3.05) is 13.1 Å². The third-order valence-corrected chi connectivity index (χ3v) is 5.18. The Kier molecular flexibility index (Phi) is 5.03. The van der Waals surface area contributed by atoms with Crippen molar-refractivity contribution in [1.29, 1.82) is 0 Å². The molecule has 1 heterocycles. The Labute approximate surface area is 128 Å². The van der Waals surface area contributed by atoms with E-state index in [1.165, 1.54) is 10.4 Å². The molecule has 1 aromatic carbocycles. The maximum atomic E-state index is 12.2. The third kappa shape index (κ3) is 4.30. The molecule has 1 fully saturated rings. The number of hydrogen-bond acceptors (Lipinski definition) is 3. The number of carbonyl (C=O) groups is 1. The highest BCUT2D eigenvalue weighted by atomic mass is 35.5. The number of piperidine rings is 1. The van der Waals surface area contributed by atoms with Crippen LogP contribution < -0.4 is 0 Å². The third-order valence-electron chi connectivity index (χ3n) is 3.40. The molecular weight excluding hydrogens is 314 g/mol. The maximum absolute atomic E-state index is 12.2. The number of halogens is 1. The molecule has 1 saturated heterocycles. The smallest absolute Gasteiger partial charge is 0.307 e. The summed E-state index contributed by atoms with van der Waals surface area (Å²) in [5.41, 5.74) is 0.717. The van der Waals surface area contributed by atoms with E-state index in [0.29, 0.717) is 24.4 Å². The van der Waals surface area contributed by atoms with Gasteiger partial charge in [0.2, 0.25) is 10.0 Å². The van der Waals surface area contributed by atoms with E-state index in [0.717, 1.165) is 11.0 Å². The summed E-state index contributed by atoms with van der Waals surface area (Å²) in [5, 5.41) is 10.7. The van der Waals surface area contributed by atoms with Crippen molar-refractivity contribution < 1.29 is 18.3 Å². The first-order chi connectivity index (χ1) is 9.88. The Morgan fingerprint density at radius 1 is 1.33 bits per heavy atom. The van der Waals surface area contributed by atoms with Crippen molar-refractivity contribution >= 4 is 33.7 Å². The number of aliphatic carboxylic acids is 1. The van der Waals surface area contributed by atoms with Crippen molar-refractivity contribution in [3.8, 4) is 0 Å². The Morgan fingerprint density at radius 2 is 2.00 bits per heavy atom. The molecule has 21 heavy (non-hydrogen) atoms. The first kappa shape index (κ1) is 16.0. The van der Waals surface area contributed by atoms with Crippen LogP contribution in [0.15, 0.2) is 29.7 Å². The molecule has 5 nitrogen and oxygen atoms in total. The Morgan fingerprint density at radius 3 is 2.62 bits per heavy atom. The van der Waals surface area contributed by atoms with Crippen LogP contribution in [0.4, 0.5) is 0 Å². The highest BCUT2D eigenvalue weighted by Crippen LogP contribution is 2.21. The molecule has 0 saturated carbocycles. The zero-order chi connectivity index (χ0) is 15.5. The summed E-state index contributed by atoms with van der Waals surface area (Å²) in [5.74, 6) is -1.57. The van der Waals surface area contributed by atoms with Crippen LogP contribution in [-0.2, 0) is 14.8 Å². The molecule has 1 atom stereocenters. The fraction of sp³-hybridized carbons (Fsp3) is 0.357. The van der Waals surface area contributed by atoms with Crippen molar-refractivity contribution in [3.05, 3.63) is 40.3 Å². The second kappa shape index (κ2) is 6.60. The quantitative estimate of drug-likeness (QED) is 0.920. The molecule has 7 heteroatoms. The summed E-state index contributed by atoms with van der Waals surface area (Å²) < 4.78 is 25.7. The Bertz CT molecular complexity index is 639. The van der Waals surface area contributed by atoms with Gasteiger partial charge >= 0.3 is 5.97 Å². The second-order valence-corrected chi connectivity index (χ2v) is 7.19. The molecule has 114 valence electrons. The predicted molar refractivity (Wildman–Crippen MR) is 81.3 cm³/mol. The van der Waals surface area contributed by atoms with Gasteiger partial charge in [-0.15, -0.1) is 0 Å². The number of carboxylic acids is 1. The summed E-state index contributed by atoms with van der Waals surface area (Å²) in [6, 6.07) is 6.78. The van der Waals surface area contributed by atoms with Crippen LogP contribution in [0.1, 0.15) is 18.4 Å². The van der Waals surface area contributed by atoms with Gasteiger partial charge in [0.15, 0.2) is 0 Å². The number of carboxylic acid groups (broad SMARTS) is 1. The lowest BCUT2D eigenvalue weighted by Crippen LogP contribution is -2.41. The van der Waals surface area contributed by atoms with E-state index in [-0.39, 0.29) is 6.54 Å². The van der Waals surface area contributed by atoms with Crippen LogP contribution in [-0.4, -0.2) is 36.9 Å². The largest absolute Gasteiger partial charge is 0.481 e. The first-order valence-corrected chi connectivity index (χ1v) is 8.43. The van der Waals surface area contributed by atoms with E-state index in [2.05, 4.69) is 0 Å². The summed E-state index contributed by atoms with van der Waals surface area (Å²) >= 11 is 5.76. The standard InChI is InChI=1S/C14H16ClNO4S/c15-13-5-3-11(4-6-13)7-9-21(19,20)16-8-1-2-12(10-16)14(17)18/h3-7,9,12H,1-2,8,10H2,(H,17,18)/b9-7+/t12-/m1/s1. The van der Waals surface area contributed by atoms with Crippen molar-refractivity contribution in [2.24, 2.45) is 5.92 Å². The fourth-order valence-electron chi connectivity index (χ4n) is 2.20. The molecule has 0 radical (unpaired) electrons. The lowest BCUT2D eigenvalue weighted by molar-refractivity contribution is -0.142. The molecule has 0 spiro atoms. The molecule has 0 bridgehead atoms. The van der Waals surface area contributed by atoms with Crippen LogP contribution in [0.5, 0.6) is 0 Å². The molecule has 2 rings (SSSR count). The minimum atomic E-state index is -3.60. The van der Waals surface area contributed by atoms with Crippen LogP contribution in [0.2, 0.25) is 5.02 Å². The van der Waals surface area contributed by atoms with Crippen LogP contribution in [0.3, 0.4) is 0 Å². The van der Waals surface area contributed by atoms with Gasteiger partial charge in [-0.05, 0) is 36.6 Å². The second-order valence-electron chi connectivity index (χ2n) is 4.93. The molecule has 0 unspecified atom stereocenters. The highest BCUT2D eigenvalue weighted by Gasteiger charge is 2.30. The molecule has 0 amide bonds. The van der Waals surface area contributed by atoms with Gasteiger partial charge in [-0.25, -0.2) is 8.42 Å². The SMILES string of the molecule is O=C(O)[C@@H]1CCCN(S(=O)(=O)/C=C/c2ccc(Cl)cc2)C1. The number of nitrogens with zero attached hydrogens (tertiary/aromatic N) is 1. The molecule has 0 aliphatic carbocycles. The maximum Gasteiger partial charge on any atom is 0.307 e. The van der Waals surface area contributed by atoms with Crippen LogP contribution in [0.25, 0.3) is 6.08 Å². The van der Waals surface area contributed by atoms with E-state index in [1.54, 1.807) is 24.3 Å². The van der Waals surface area contributed by atoms with Gasteiger partial charge in [-0.1, -0.05) is 23.7 Å². The van der Waals surface area contributed by atoms with Gasteiger partial charge in [0.05, 0.1) is 5.92 Å². The summed E-state index contributed by atoms with van der Waals surface area (Å²) in [4.78, 5) is 11.0. The molecule has 1 N–H and O–H groups in total. The molecule has 0 aromatic heterocycles. The molecular formula is C14H16ClNO4S. The number of benzene rings is 1. The van der Waals surface area contributed by atoms with Gasteiger partial charge in [-0.2, -0.15) is 4.31 Å². The Balaban J connectivity index is 2.10. The Hall–Kier alpha value is -1.37. The lowest BCUT2D eigenvalue weighted by Gasteiger charge is -2.28. The normalized spacial score (nSPS) is 20.7. The summed E-state index contributed by atoms with van der Waals surface area (Å²) in [6.45, 7) is 0.389. The van der Waals surface area contributed by atoms with Crippen molar-refractivity contribution in [3.63, 3.8) is 0 Å². The van der Waals surface area contributed by atoms with Gasteiger partial charge in [0.25, 0.3) is 0 Å². The minimum absolute atomic E-state index is 0.0304. The van der Waals surface area contributed by atoms with E-state index in [9.17, 15) is 13.2 Å². The first-order valence-electron chi connectivity index (χ1n) is 6.55. The zero-order valence-corrected chi connectivity index (χ0v) is 12.8. The number of hydrogen-bond donors (Lipinski definition) is 1. The van der Waals surface area contributed by atoms with Crippen LogP contribution >= 0.6 is 11.6 Å².